The molecule has 23 heavy (non-hydrogen) atoms. The molecule has 1 heterocycles. The van der Waals surface area contributed by atoms with Gasteiger partial charge in [-0.3, -0.25) is 4.79 Å². The number of rotatable bonds is 4. The third-order valence-electron chi connectivity index (χ3n) is 3.62. The van der Waals surface area contributed by atoms with Gasteiger partial charge < -0.3 is 10.1 Å². The Morgan fingerprint density at radius 1 is 1.04 bits per heavy atom. The summed E-state index contributed by atoms with van der Waals surface area (Å²) in [6, 6.07) is 15.3. The summed E-state index contributed by atoms with van der Waals surface area (Å²) in [7, 11) is 1.62. The van der Waals surface area contributed by atoms with Gasteiger partial charge in [-0.25, -0.2) is 0 Å². The molecule has 2 aromatic carbocycles. The minimum atomic E-state index is -0.0920. The fraction of sp³-hybridized carbons (Fsp3) is 0.278. The van der Waals surface area contributed by atoms with Gasteiger partial charge in [-0.1, -0.05) is 12.1 Å². The monoisotopic (exact) mass is 345 g/mol. The Bertz CT molecular complexity index is 650. The third kappa shape index (κ3) is 4.24. The van der Waals surface area contributed by atoms with Gasteiger partial charge in [0.05, 0.1) is 11.7 Å². The SMILES string of the molecule is COc1ccc(NC(=O)c2ccc(C3SCCCS3)cc2)cc1. The van der Waals surface area contributed by atoms with Crippen LogP contribution in [-0.4, -0.2) is 24.5 Å². The van der Waals surface area contributed by atoms with E-state index in [0.29, 0.717) is 10.1 Å². The highest BCUT2D eigenvalue weighted by atomic mass is 32.2. The molecule has 1 saturated heterocycles. The highest BCUT2D eigenvalue weighted by molar-refractivity contribution is 8.16. The number of methoxy groups -OCH3 is 1. The van der Waals surface area contributed by atoms with Crippen molar-refractivity contribution in [3.8, 4) is 5.75 Å². The van der Waals surface area contributed by atoms with E-state index in [-0.39, 0.29) is 5.91 Å². The Kier molecular flexibility index (Phi) is 5.51. The molecule has 1 amide bonds. The number of nitrogens with one attached hydrogen (secondary N) is 1. The molecule has 0 atom stereocenters. The normalized spacial score (nSPS) is 15.2. The van der Waals surface area contributed by atoms with Crippen LogP contribution >= 0.6 is 23.5 Å². The molecule has 0 radical (unpaired) electrons. The van der Waals surface area contributed by atoms with Crippen LogP contribution in [0.25, 0.3) is 0 Å². The maximum absolute atomic E-state index is 12.3. The number of anilines is 1. The van der Waals surface area contributed by atoms with Crippen molar-refractivity contribution in [2.45, 2.75) is 11.0 Å². The van der Waals surface area contributed by atoms with Crippen LogP contribution in [0.2, 0.25) is 0 Å². The predicted octanol–water partition coefficient (Wildman–Crippen LogP) is 4.82. The fourth-order valence-corrected chi connectivity index (χ4v) is 5.24. The second-order valence-electron chi connectivity index (χ2n) is 5.23. The maximum Gasteiger partial charge on any atom is 0.255 e. The molecular weight excluding hydrogens is 326 g/mol. The number of benzene rings is 2. The summed E-state index contributed by atoms with van der Waals surface area (Å²) < 4.78 is 5.62. The van der Waals surface area contributed by atoms with Gasteiger partial charge in [0.25, 0.3) is 5.91 Å². The van der Waals surface area contributed by atoms with Crippen LogP contribution in [0.4, 0.5) is 5.69 Å². The highest BCUT2D eigenvalue weighted by Gasteiger charge is 2.17. The molecule has 1 aliphatic rings. The van der Waals surface area contributed by atoms with E-state index in [2.05, 4.69) is 17.4 Å². The standard InChI is InChI=1S/C18H19NO2S2/c1-21-16-9-7-15(8-10-16)19-17(20)13-3-5-14(6-4-13)18-22-11-2-12-23-18/h3-10,18H,2,11-12H2,1H3,(H,19,20). The third-order valence-corrected chi connectivity index (χ3v) is 6.64. The Morgan fingerprint density at radius 3 is 2.30 bits per heavy atom. The fourth-order valence-electron chi connectivity index (χ4n) is 2.35. The van der Waals surface area contributed by atoms with Gasteiger partial charge in [0.1, 0.15) is 5.75 Å². The molecule has 0 bridgehead atoms. The molecule has 120 valence electrons. The lowest BCUT2D eigenvalue weighted by Crippen LogP contribution is -2.12. The van der Waals surface area contributed by atoms with Crippen LogP contribution in [0.1, 0.15) is 26.9 Å². The second kappa shape index (κ2) is 7.79. The Balaban J connectivity index is 1.64. The number of carbonyl (C=O) groups excluding carboxylic acids is 1. The van der Waals surface area contributed by atoms with Crippen LogP contribution in [-0.2, 0) is 0 Å². The van der Waals surface area contributed by atoms with Gasteiger partial charge in [-0.2, -0.15) is 0 Å². The minimum absolute atomic E-state index is 0.0920. The van der Waals surface area contributed by atoms with E-state index in [4.69, 9.17) is 4.74 Å². The quantitative estimate of drug-likeness (QED) is 0.862. The number of hydrogen-bond acceptors (Lipinski definition) is 4. The smallest absolute Gasteiger partial charge is 0.255 e. The molecule has 0 saturated carbocycles. The summed E-state index contributed by atoms with van der Waals surface area (Å²) in [6.45, 7) is 0. The van der Waals surface area contributed by atoms with Gasteiger partial charge in [-0.15, -0.1) is 23.5 Å². The van der Waals surface area contributed by atoms with Crippen LogP contribution in [0.3, 0.4) is 0 Å². The van der Waals surface area contributed by atoms with Gasteiger partial charge in [0.15, 0.2) is 0 Å². The largest absolute Gasteiger partial charge is 0.497 e. The van der Waals surface area contributed by atoms with Crippen molar-refractivity contribution in [2.75, 3.05) is 23.9 Å². The Morgan fingerprint density at radius 2 is 1.70 bits per heavy atom. The van der Waals surface area contributed by atoms with Crippen molar-refractivity contribution in [3.63, 3.8) is 0 Å². The predicted molar refractivity (Wildman–Crippen MR) is 99.7 cm³/mol. The van der Waals surface area contributed by atoms with Gasteiger partial charge in [0.2, 0.25) is 0 Å². The van der Waals surface area contributed by atoms with Crippen LogP contribution in [0.15, 0.2) is 48.5 Å². The zero-order valence-corrected chi connectivity index (χ0v) is 14.6. The first kappa shape index (κ1) is 16.3. The first-order chi connectivity index (χ1) is 11.3. The van der Waals surface area contributed by atoms with Crippen LogP contribution in [0, 0.1) is 0 Å². The zero-order chi connectivity index (χ0) is 16.1. The molecule has 0 unspecified atom stereocenters. The van der Waals surface area contributed by atoms with Crippen molar-refractivity contribution >= 4 is 35.1 Å². The lowest BCUT2D eigenvalue weighted by molar-refractivity contribution is 0.102. The summed E-state index contributed by atoms with van der Waals surface area (Å²) in [4.78, 5) is 12.3. The maximum atomic E-state index is 12.3. The molecule has 5 heteroatoms. The zero-order valence-electron chi connectivity index (χ0n) is 13.0. The lowest BCUT2D eigenvalue weighted by Gasteiger charge is -2.21. The number of thioether (sulfide) groups is 2. The summed E-state index contributed by atoms with van der Waals surface area (Å²) >= 11 is 3.97. The van der Waals surface area contributed by atoms with Crippen molar-refractivity contribution in [2.24, 2.45) is 0 Å². The molecule has 0 aliphatic carbocycles. The molecule has 1 fully saturated rings. The van der Waals surface area contributed by atoms with Crippen LogP contribution in [0.5, 0.6) is 5.75 Å². The first-order valence-electron chi connectivity index (χ1n) is 7.55. The van der Waals surface area contributed by atoms with Gasteiger partial charge in [-0.05, 0) is 59.9 Å². The minimum Gasteiger partial charge on any atom is -0.497 e. The summed E-state index contributed by atoms with van der Waals surface area (Å²) in [5, 5.41) is 2.90. The molecule has 1 aliphatic heterocycles. The summed E-state index contributed by atoms with van der Waals surface area (Å²) in [6.07, 6.45) is 1.29. The van der Waals surface area contributed by atoms with Crippen molar-refractivity contribution in [3.05, 3.63) is 59.7 Å². The van der Waals surface area contributed by atoms with E-state index < -0.39 is 0 Å². The Hall–Kier alpha value is -1.59. The Labute approximate surface area is 145 Å². The van der Waals surface area contributed by atoms with E-state index >= 15 is 0 Å². The van der Waals surface area contributed by atoms with Gasteiger partial charge >= 0.3 is 0 Å². The molecule has 3 nitrogen and oxygen atoms in total. The lowest BCUT2D eigenvalue weighted by atomic mass is 10.1. The van der Waals surface area contributed by atoms with E-state index in [1.165, 1.54) is 23.5 Å². The molecular formula is C18H19NO2S2. The van der Waals surface area contributed by atoms with Crippen molar-refractivity contribution in [1.82, 2.24) is 0 Å². The molecule has 1 N–H and O–H groups in total. The van der Waals surface area contributed by atoms with Gasteiger partial charge in [0, 0.05) is 11.3 Å². The second-order valence-corrected chi connectivity index (χ2v) is 7.96. The molecule has 2 aromatic rings. The summed E-state index contributed by atoms with van der Waals surface area (Å²) in [5.74, 6) is 3.12. The van der Waals surface area contributed by atoms with Crippen LogP contribution < -0.4 is 10.1 Å². The molecule has 0 spiro atoms. The van der Waals surface area contributed by atoms with E-state index in [9.17, 15) is 4.79 Å². The van der Waals surface area contributed by atoms with Crippen molar-refractivity contribution in [1.29, 1.82) is 0 Å². The van der Waals surface area contributed by atoms with Crippen molar-refractivity contribution < 1.29 is 9.53 Å². The topological polar surface area (TPSA) is 38.3 Å². The molecule has 3 rings (SSSR count). The average Bonchev–Trinajstić information content (AvgIpc) is 2.63. The van der Waals surface area contributed by atoms with E-state index in [1.807, 2.05) is 59.9 Å². The molecule has 0 aromatic heterocycles. The summed E-state index contributed by atoms with van der Waals surface area (Å²) in [5.41, 5.74) is 2.73. The number of hydrogen-bond donors (Lipinski definition) is 1. The average molecular weight is 345 g/mol. The highest BCUT2D eigenvalue weighted by Crippen LogP contribution is 2.43. The first-order valence-corrected chi connectivity index (χ1v) is 9.64. The number of ether oxygens (including phenoxy) is 1. The number of carbonyl (C=O) groups is 1. The number of amides is 1. The van der Waals surface area contributed by atoms with E-state index in [1.54, 1.807) is 7.11 Å². The van der Waals surface area contributed by atoms with E-state index in [0.717, 1.165) is 11.4 Å².